The van der Waals surface area contributed by atoms with E-state index in [4.69, 9.17) is 4.42 Å². The SMILES string of the molecule is CC1(C)CCC[C@@]2(C)c3c(oc4c(B(O)O)c(O)ccc34)C(OC(F)(F)F)CCC12. The lowest BCUT2D eigenvalue weighted by molar-refractivity contribution is -0.347. The molecule has 3 N–H and O–H groups in total. The number of rotatable bonds is 2. The third-order valence-corrected chi connectivity index (χ3v) is 7.25. The molecular weight excluding hydrogens is 400 g/mol. The number of hydrogen-bond donors (Lipinski definition) is 3. The van der Waals surface area contributed by atoms with E-state index in [-0.39, 0.29) is 40.3 Å². The van der Waals surface area contributed by atoms with Gasteiger partial charge in [-0.15, -0.1) is 13.2 Å². The quantitative estimate of drug-likeness (QED) is 0.625. The molecule has 0 bridgehead atoms. The molecule has 9 heteroatoms. The minimum Gasteiger partial charge on any atom is -0.508 e. The van der Waals surface area contributed by atoms with Crippen LogP contribution in [0.4, 0.5) is 13.2 Å². The largest absolute Gasteiger partial charge is 0.523 e. The molecule has 2 aliphatic carbocycles. The molecule has 1 heterocycles. The van der Waals surface area contributed by atoms with Gasteiger partial charge in [0, 0.05) is 10.9 Å². The van der Waals surface area contributed by atoms with Crippen LogP contribution < -0.4 is 5.46 Å². The number of ether oxygens (including phenoxy) is 1. The third kappa shape index (κ3) is 3.31. The number of phenols is 1. The van der Waals surface area contributed by atoms with Crippen LogP contribution in [0, 0.1) is 11.3 Å². The van der Waals surface area contributed by atoms with Crippen molar-refractivity contribution in [3.8, 4) is 5.75 Å². The van der Waals surface area contributed by atoms with Crippen LogP contribution in [0.25, 0.3) is 11.0 Å². The van der Waals surface area contributed by atoms with Crippen LogP contribution in [-0.2, 0) is 10.2 Å². The van der Waals surface area contributed by atoms with Gasteiger partial charge in [0.05, 0.1) is 5.46 Å². The van der Waals surface area contributed by atoms with Crippen LogP contribution in [-0.4, -0.2) is 28.6 Å². The van der Waals surface area contributed by atoms with E-state index < -0.39 is 25.0 Å². The van der Waals surface area contributed by atoms with Gasteiger partial charge in [0.2, 0.25) is 0 Å². The number of furan rings is 1. The highest BCUT2D eigenvalue weighted by molar-refractivity contribution is 6.62. The molecule has 4 rings (SSSR count). The molecule has 5 nitrogen and oxygen atoms in total. The summed E-state index contributed by atoms with van der Waals surface area (Å²) in [5.74, 6) is -0.227. The summed E-state index contributed by atoms with van der Waals surface area (Å²) in [6.07, 6.45) is -2.80. The molecule has 0 saturated heterocycles. The Morgan fingerprint density at radius 1 is 1.13 bits per heavy atom. The van der Waals surface area contributed by atoms with E-state index in [0.29, 0.717) is 17.4 Å². The summed E-state index contributed by atoms with van der Waals surface area (Å²) in [5, 5.41) is 30.2. The van der Waals surface area contributed by atoms with Gasteiger partial charge in [-0.2, -0.15) is 0 Å². The summed E-state index contributed by atoms with van der Waals surface area (Å²) >= 11 is 0. The zero-order chi connectivity index (χ0) is 22.1. The zero-order valence-corrected chi connectivity index (χ0v) is 17.2. The van der Waals surface area contributed by atoms with Crippen molar-refractivity contribution in [2.45, 2.75) is 70.8 Å². The van der Waals surface area contributed by atoms with Crippen molar-refractivity contribution >= 4 is 23.6 Å². The van der Waals surface area contributed by atoms with E-state index in [1.54, 1.807) is 6.07 Å². The normalized spacial score (nSPS) is 28.7. The van der Waals surface area contributed by atoms with Crippen LogP contribution >= 0.6 is 0 Å². The number of hydrogen-bond acceptors (Lipinski definition) is 5. The minimum atomic E-state index is -4.84. The van der Waals surface area contributed by atoms with Crippen molar-refractivity contribution in [2.24, 2.45) is 11.3 Å². The summed E-state index contributed by atoms with van der Waals surface area (Å²) in [4.78, 5) is 0. The van der Waals surface area contributed by atoms with Gasteiger partial charge < -0.3 is 19.6 Å². The maximum Gasteiger partial charge on any atom is 0.523 e. The fourth-order valence-corrected chi connectivity index (χ4v) is 6.11. The van der Waals surface area contributed by atoms with Gasteiger partial charge in [0.1, 0.15) is 23.2 Å². The second-order valence-electron chi connectivity index (χ2n) is 9.53. The standard InChI is InChI=1S/C21H26BF3O5/c1-19(2)9-4-10-20(3)14(19)8-7-13(30-21(23,24)25)18-15(20)11-5-6-12(26)16(22(27)28)17(11)29-18/h5-6,13-14,26-28H,4,7-10H2,1-3H3/t13?,14?,20-/m1/s1. The van der Waals surface area contributed by atoms with Crippen LogP contribution in [0.15, 0.2) is 16.5 Å². The molecule has 2 unspecified atom stereocenters. The number of fused-ring (bicyclic) bond motifs is 5. The van der Waals surface area contributed by atoms with Crippen molar-refractivity contribution in [1.82, 2.24) is 0 Å². The molecule has 1 aromatic heterocycles. The van der Waals surface area contributed by atoms with Gasteiger partial charge in [-0.3, -0.25) is 4.74 Å². The summed E-state index contributed by atoms with van der Waals surface area (Å²) < 4.78 is 50.0. The molecule has 1 fully saturated rings. The van der Waals surface area contributed by atoms with Crippen molar-refractivity contribution in [3.63, 3.8) is 0 Å². The molecule has 1 aromatic carbocycles. The topological polar surface area (TPSA) is 83.1 Å². The first-order chi connectivity index (χ1) is 13.8. The van der Waals surface area contributed by atoms with Crippen LogP contribution in [0.1, 0.15) is 70.3 Å². The van der Waals surface area contributed by atoms with Gasteiger partial charge in [0.25, 0.3) is 0 Å². The van der Waals surface area contributed by atoms with Gasteiger partial charge in [-0.05, 0) is 54.6 Å². The molecule has 0 radical (unpaired) electrons. The lowest BCUT2D eigenvalue weighted by Gasteiger charge is -2.50. The van der Waals surface area contributed by atoms with Gasteiger partial charge in [0.15, 0.2) is 0 Å². The van der Waals surface area contributed by atoms with Crippen LogP contribution in [0.3, 0.4) is 0 Å². The monoisotopic (exact) mass is 426 g/mol. The van der Waals surface area contributed by atoms with E-state index in [1.807, 2.05) is 0 Å². The first-order valence-electron chi connectivity index (χ1n) is 10.2. The Morgan fingerprint density at radius 2 is 1.83 bits per heavy atom. The van der Waals surface area contributed by atoms with Crippen molar-refractivity contribution in [1.29, 1.82) is 0 Å². The van der Waals surface area contributed by atoms with Gasteiger partial charge in [-0.1, -0.05) is 27.2 Å². The highest BCUT2D eigenvalue weighted by Gasteiger charge is 2.53. The number of phenolic OH excluding ortho intramolecular Hbond substituents is 1. The number of benzene rings is 1. The molecule has 1 saturated carbocycles. The summed E-state index contributed by atoms with van der Waals surface area (Å²) in [6.45, 7) is 6.36. The average molecular weight is 426 g/mol. The molecule has 3 atom stereocenters. The molecule has 0 aliphatic heterocycles. The van der Waals surface area contributed by atoms with Crippen LogP contribution in [0.5, 0.6) is 5.75 Å². The fourth-order valence-electron chi connectivity index (χ4n) is 6.11. The van der Waals surface area contributed by atoms with Crippen molar-refractivity contribution in [3.05, 3.63) is 23.5 Å². The predicted octanol–water partition coefficient (Wildman–Crippen LogP) is 4.27. The smallest absolute Gasteiger partial charge is 0.508 e. The molecule has 2 aliphatic rings. The summed E-state index contributed by atoms with van der Waals surface area (Å²) in [7, 11) is -2.03. The van der Waals surface area contributed by atoms with Gasteiger partial charge in [-0.25, -0.2) is 0 Å². The molecule has 164 valence electrons. The second kappa shape index (κ2) is 6.90. The maximum atomic E-state index is 13.2. The van der Waals surface area contributed by atoms with E-state index in [9.17, 15) is 28.3 Å². The van der Waals surface area contributed by atoms with Crippen molar-refractivity contribution < 1.29 is 37.5 Å². The molecule has 30 heavy (non-hydrogen) atoms. The molecule has 2 aromatic rings. The van der Waals surface area contributed by atoms with E-state index >= 15 is 0 Å². The van der Waals surface area contributed by atoms with Crippen molar-refractivity contribution in [2.75, 3.05) is 0 Å². The Kier molecular flexibility index (Phi) is 4.95. The minimum absolute atomic E-state index is 0.00368. The molecule has 0 spiro atoms. The number of alkyl halides is 3. The predicted molar refractivity (Wildman–Crippen MR) is 105 cm³/mol. The fraction of sp³-hybridized carbons (Fsp3) is 0.619. The number of halogens is 3. The van der Waals surface area contributed by atoms with Gasteiger partial charge >= 0.3 is 13.5 Å². The van der Waals surface area contributed by atoms with E-state index in [2.05, 4.69) is 25.5 Å². The molecule has 0 amide bonds. The highest BCUT2D eigenvalue weighted by Crippen LogP contribution is 2.60. The Labute approximate surface area is 173 Å². The Morgan fingerprint density at radius 3 is 2.47 bits per heavy atom. The number of aromatic hydroxyl groups is 1. The van der Waals surface area contributed by atoms with E-state index in [0.717, 1.165) is 19.3 Å². The first-order valence-corrected chi connectivity index (χ1v) is 10.2. The Balaban J connectivity index is 2.03. The Bertz CT molecular complexity index is 968. The highest BCUT2D eigenvalue weighted by atomic mass is 19.4. The average Bonchev–Trinajstić information content (AvgIpc) is 2.92. The molecular formula is C21H26BF3O5. The maximum absolute atomic E-state index is 13.2. The lowest BCUT2D eigenvalue weighted by atomic mass is 9.53. The van der Waals surface area contributed by atoms with E-state index in [1.165, 1.54) is 6.07 Å². The Hall–Kier alpha value is -1.71. The first kappa shape index (κ1) is 21.5. The van der Waals surface area contributed by atoms with Crippen LogP contribution in [0.2, 0.25) is 0 Å². The second-order valence-corrected chi connectivity index (χ2v) is 9.53. The summed E-state index contributed by atoms with van der Waals surface area (Å²) in [6, 6.07) is 2.91. The third-order valence-electron chi connectivity index (χ3n) is 7.25. The zero-order valence-electron chi connectivity index (χ0n) is 17.2. The summed E-state index contributed by atoms with van der Waals surface area (Å²) in [5.41, 5.74) is -0.181. The lowest BCUT2D eigenvalue weighted by Crippen LogP contribution is -2.44.